The van der Waals surface area contributed by atoms with E-state index in [0.717, 1.165) is 42.8 Å². The van der Waals surface area contributed by atoms with Crippen molar-refractivity contribution >= 4 is 45.3 Å². The van der Waals surface area contributed by atoms with Crippen LogP contribution in [0.1, 0.15) is 65.5 Å². The fraction of sp³-hybridized carbons (Fsp3) is 0.353. The minimum absolute atomic E-state index is 0.000521. The molecule has 1 heterocycles. The highest BCUT2D eigenvalue weighted by molar-refractivity contribution is 9.10. The topological polar surface area (TPSA) is 92.8 Å². The molecule has 216 valence electrons. The van der Waals surface area contributed by atoms with E-state index >= 15 is 0 Å². The second-order valence-electron chi connectivity index (χ2n) is 12.0. The minimum Gasteiger partial charge on any atom is -0.454 e. The molecule has 7 rings (SSSR count). The van der Waals surface area contributed by atoms with Gasteiger partial charge in [0.25, 0.3) is 5.91 Å². The smallest absolute Gasteiger partial charge is 0.329 e. The fourth-order valence-corrected chi connectivity index (χ4v) is 7.44. The van der Waals surface area contributed by atoms with Gasteiger partial charge in [0, 0.05) is 22.0 Å². The first-order chi connectivity index (χ1) is 20.1. The van der Waals surface area contributed by atoms with Crippen molar-refractivity contribution < 1.29 is 23.9 Å². The number of amides is 3. The molecular formula is C34H33BrN2O5. The predicted octanol–water partition coefficient (Wildman–Crippen LogP) is 5.85. The molecule has 8 heteroatoms. The van der Waals surface area contributed by atoms with Crippen molar-refractivity contribution in [3.63, 3.8) is 0 Å². The molecule has 3 atom stereocenters. The molecule has 0 unspecified atom stereocenters. The molecule has 0 spiro atoms. The van der Waals surface area contributed by atoms with Gasteiger partial charge in [0.2, 0.25) is 11.8 Å². The molecule has 0 radical (unpaired) electrons. The molecule has 3 amide bonds. The lowest BCUT2D eigenvalue weighted by Crippen LogP contribution is -2.47. The van der Waals surface area contributed by atoms with Crippen molar-refractivity contribution in [2.75, 3.05) is 11.9 Å². The van der Waals surface area contributed by atoms with Gasteiger partial charge in [-0.25, -0.2) is 4.79 Å². The molecule has 1 fully saturated rings. The van der Waals surface area contributed by atoms with Crippen LogP contribution in [0, 0.1) is 31.6 Å². The average molecular weight is 630 g/mol. The summed E-state index contributed by atoms with van der Waals surface area (Å²) in [5, 5.41) is 2.77. The number of nitrogens with one attached hydrogen (secondary N) is 1. The number of ether oxygens (including phenoxy) is 1. The van der Waals surface area contributed by atoms with Crippen molar-refractivity contribution in [2.45, 2.75) is 52.0 Å². The van der Waals surface area contributed by atoms with Gasteiger partial charge in [-0.1, -0.05) is 78.3 Å². The normalized spacial score (nSPS) is 22.5. The van der Waals surface area contributed by atoms with Crippen LogP contribution in [0.3, 0.4) is 0 Å². The number of esters is 1. The van der Waals surface area contributed by atoms with Gasteiger partial charge in [0.1, 0.15) is 6.04 Å². The van der Waals surface area contributed by atoms with Crippen LogP contribution < -0.4 is 5.32 Å². The van der Waals surface area contributed by atoms with Crippen LogP contribution in [0.4, 0.5) is 5.69 Å². The fourth-order valence-electron chi connectivity index (χ4n) is 7.21. The molecule has 3 aromatic carbocycles. The summed E-state index contributed by atoms with van der Waals surface area (Å²) in [6, 6.07) is 18.6. The SMILES string of the molecule is Cc1cc(NC(=O)COC(=O)[C@H](CC(C)C)N2C(=O)[C@H]3C4c5ccccc5C(c5ccccc54)[C@@H]3C2=O)cc(C)c1Br. The molecule has 1 N–H and O–H groups in total. The Labute approximate surface area is 253 Å². The van der Waals surface area contributed by atoms with Crippen LogP contribution in [0.2, 0.25) is 0 Å². The lowest BCUT2D eigenvalue weighted by Gasteiger charge is -2.45. The quantitative estimate of drug-likeness (QED) is 0.262. The molecule has 7 nitrogen and oxygen atoms in total. The van der Waals surface area contributed by atoms with Crippen molar-refractivity contribution in [3.8, 4) is 0 Å². The summed E-state index contributed by atoms with van der Waals surface area (Å²) in [5.74, 6) is -3.59. The van der Waals surface area contributed by atoms with Crippen molar-refractivity contribution in [1.82, 2.24) is 4.90 Å². The standard InChI is InChI=1S/C34H33BrN2O5/c1-17(2)13-25(34(41)42-16-26(38)36-20-14-18(3)31(35)19(4)15-20)37-32(39)29-27-21-9-5-6-10-22(21)28(30(29)33(37)40)24-12-8-7-11-23(24)27/h5-12,14-15,17,25,27-30H,13,16H2,1-4H3,(H,36,38)/t25-,27?,28?,29-,30-/m0/s1. The molecule has 3 aromatic rings. The van der Waals surface area contributed by atoms with Crippen molar-refractivity contribution in [1.29, 1.82) is 0 Å². The van der Waals surface area contributed by atoms with Gasteiger partial charge in [-0.2, -0.15) is 0 Å². The number of carbonyl (C=O) groups is 4. The van der Waals surface area contributed by atoms with E-state index in [9.17, 15) is 19.2 Å². The lowest BCUT2D eigenvalue weighted by molar-refractivity contribution is -0.160. The minimum atomic E-state index is -1.11. The van der Waals surface area contributed by atoms with E-state index in [0.29, 0.717) is 5.69 Å². The third-order valence-electron chi connectivity index (χ3n) is 8.83. The Bertz CT molecular complexity index is 1490. The highest BCUT2D eigenvalue weighted by Crippen LogP contribution is 2.61. The number of aryl methyl sites for hydroxylation is 2. The summed E-state index contributed by atoms with van der Waals surface area (Å²) in [5.41, 5.74) is 6.81. The number of imide groups is 1. The number of carbonyl (C=O) groups excluding carboxylic acids is 4. The zero-order valence-corrected chi connectivity index (χ0v) is 25.6. The second kappa shape index (κ2) is 10.8. The first-order valence-electron chi connectivity index (χ1n) is 14.4. The summed E-state index contributed by atoms with van der Waals surface area (Å²) >= 11 is 3.52. The number of rotatable bonds is 7. The number of anilines is 1. The van der Waals surface area contributed by atoms with Crippen LogP contribution in [0.25, 0.3) is 0 Å². The molecule has 42 heavy (non-hydrogen) atoms. The largest absolute Gasteiger partial charge is 0.454 e. The monoisotopic (exact) mass is 628 g/mol. The zero-order chi connectivity index (χ0) is 29.9. The number of benzene rings is 3. The summed E-state index contributed by atoms with van der Waals surface area (Å²) in [7, 11) is 0. The third-order valence-corrected chi connectivity index (χ3v) is 10.1. The van der Waals surface area contributed by atoms with E-state index in [1.165, 1.54) is 0 Å². The van der Waals surface area contributed by atoms with Crippen LogP contribution in [-0.4, -0.2) is 41.2 Å². The van der Waals surface area contributed by atoms with Crippen LogP contribution in [0.15, 0.2) is 65.1 Å². The van der Waals surface area contributed by atoms with Gasteiger partial charge in [-0.15, -0.1) is 0 Å². The summed E-state index contributed by atoms with van der Waals surface area (Å²) < 4.78 is 6.43. The molecule has 3 aliphatic carbocycles. The Hall–Kier alpha value is -3.78. The van der Waals surface area contributed by atoms with Crippen LogP contribution in [0.5, 0.6) is 0 Å². The first kappa shape index (κ1) is 28.3. The Balaban J connectivity index is 1.25. The van der Waals surface area contributed by atoms with Gasteiger partial charge in [-0.05, 0) is 71.7 Å². The van der Waals surface area contributed by atoms with Gasteiger partial charge in [-0.3, -0.25) is 19.3 Å². The molecule has 0 aromatic heterocycles. The molecule has 2 bridgehead atoms. The van der Waals surface area contributed by atoms with Gasteiger partial charge in [0.15, 0.2) is 6.61 Å². The van der Waals surface area contributed by atoms with Gasteiger partial charge < -0.3 is 10.1 Å². The molecule has 4 aliphatic rings. The van der Waals surface area contributed by atoms with E-state index in [-0.39, 0.29) is 36.0 Å². The van der Waals surface area contributed by atoms with Crippen molar-refractivity contribution in [3.05, 3.63) is 98.5 Å². The number of hydrogen-bond donors (Lipinski definition) is 1. The number of likely N-dealkylation sites (tertiary alicyclic amines) is 1. The first-order valence-corrected chi connectivity index (χ1v) is 15.2. The van der Waals surface area contributed by atoms with Gasteiger partial charge >= 0.3 is 5.97 Å². The Morgan fingerprint density at radius 2 is 1.31 bits per heavy atom. The van der Waals surface area contributed by atoms with E-state index in [1.54, 1.807) is 0 Å². The maximum atomic E-state index is 14.2. The van der Waals surface area contributed by atoms with E-state index in [1.807, 2.05) is 88.4 Å². The highest BCUT2D eigenvalue weighted by atomic mass is 79.9. The maximum Gasteiger partial charge on any atom is 0.329 e. The van der Waals surface area contributed by atoms with E-state index in [4.69, 9.17) is 4.74 Å². The summed E-state index contributed by atoms with van der Waals surface area (Å²) in [6.45, 7) is 7.19. The Kier molecular flexibility index (Phi) is 7.29. The average Bonchev–Trinajstić information content (AvgIpc) is 3.23. The van der Waals surface area contributed by atoms with Gasteiger partial charge in [0.05, 0.1) is 11.8 Å². The van der Waals surface area contributed by atoms with E-state index in [2.05, 4.69) is 21.2 Å². The number of hydrogen-bond acceptors (Lipinski definition) is 5. The predicted molar refractivity (Wildman–Crippen MR) is 162 cm³/mol. The summed E-state index contributed by atoms with van der Waals surface area (Å²) in [4.78, 5) is 55.8. The zero-order valence-electron chi connectivity index (χ0n) is 24.0. The highest BCUT2D eigenvalue weighted by Gasteiger charge is 2.63. The number of halogens is 1. The molecule has 1 aliphatic heterocycles. The lowest BCUT2D eigenvalue weighted by atomic mass is 9.55. The van der Waals surface area contributed by atoms with Crippen molar-refractivity contribution in [2.24, 2.45) is 17.8 Å². The third kappa shape index (κ3) is 4.56. The number of nitrogens with zero attached hydrogens (tertiary/aromatic N) is 1. The molecule has 0 saturated carbocycles. The molecular weight excluding hydrogens is 596 g/mol. The Morgan fingerprint density at radius 3 is 1.74 bits per heavy atom. The second-order valence-corrected chi connectivity index (χ2v) is 12.8. The molecule has 1 saturated heterocycles. The van der Waals surface area contributed by atoms with Crippen LogP contribution in [-0.2, 0) is 23.9 Å². The summed E-state index contributed by atoms with van der Waals surface area (Å²) in [6.07, 6.45) is 0.248. The Morgan fingerprint density at radius 1 is 0.857 bits per heavy atom. The van der Waals surface area contributed by atoms with E-state index < -0.39 is 36.4 Å². The van der Waals surface area contributed by atoms with Crippen LogP contribution >= 0.6 is 15.9 Å². The maximum absolute atomic E-state index is 14.2.